The van der Waals surface area contributed by atoms with Crippen LogP contribution in [0.1, 0.15) is 30.0 Å². The van der Waals surface area contributed by atoms with Gasteiger partial charge in [0.2, 0.25) is 0 Å². The van der Waals surface area contributed by atoms with Crippen molar-refractivity contribution in [1.29, 1.82) is 0 Å². The van der Waals surface area contributed by atoms with E-state index >= 15 is 0 Å². The fraction of sp³-hybridized carbons (Fsp3) is 0.533. The van der Waals surface area contributed by atoms with E-state index in [1.54, 1.807) is 0 Å². The lowest BCUT2D eigenvalue weighted by molar-refractivity contribution is -0.143. The van der Waals surface area contributed by atoms with Gasteiger partial charge in [0.05, 0.1) is 13.2 Å². The van der Waals surface area contributed by atoms with Crippen LogP contribution < -0.4 is 5.32 Å². The summed E-state index contributed by atoms with van der Waals surface area (Å²) >= 11 is 0. The third-order valence-corrected chi connectivity index (χ3v) is 3.39. The quantitative estimate of drug-likeness (QED) is 0.825. The van der Waals surface area contributed by atoms with E-state index < -0.39 is 6.04 Å². The molecule has 0 aliphatic carbocycles. The molecule has 1 saturated heterocycles. The second kappa shape index (κ2) is 6.68. The van der Waals surface area contributed by atoms with Gasteiger partial charge in [-0.15, -0.1) is 0 Å². The van der Waals surface area contributed by atoms with Gasteiger partial charge in [0.25, 0.3) is 0 Å². The molecule has 104 valence electrons. The van der Waals surface area contributed by atoms with E-state index in [1.165, 1.54) is 7.11 Å². The van der Waals surface area contributed by atoms with E-state index in [0.717, 1.165) is 30.6 Å². The molecule has 19 heavy (non-hydrogen) atoms. The summed E-state index contributed by atoms with van der Waals surface area (Å²) in [4.78, 5) is 11.9. The molecule has 0 spiro atoms. The predicted molar refractivity (Wildman–Crippen MR) is 72.9 cm³/mol. The highest BCUT2D eigenvalue weighted by molar-refractivity contribution is 5.77. The number of hydrogen-bond donors (Lipinski definition) is 1. The number of esters is 1. The zero-order chi connectivity index (χ0) is 13.7. The van der Waals surface area contributed by atoms with Crippen molar-refractivity contribution in [2.75, 3.05) is 20.3 Å². The Labute approximate surface area is 114 Å². The third-order valence-electron chi connectivity index (χ3n) is 3.39. The molecule has 2 atom stereocenters. The number of carbonyl (C=O) groups is 1. The number of aryl methyl sites for hydroxylation is 1. The first-order valence-electron chi connectivity index (χ1n) is 6.70. The third kappa shape index (κ3) is 3.78. The monoisotopic (exact) mass is 263 g/mol. The smallest absolute Gasteiger partial charge is 0.327 e. The fourth-order valence-electron chi connectivity index (χ4n) is 2.36. The molecule has 0 amide bonds. The van der Waals surface area contributed by atoms with Crippen LogP contribution in [0.3, 0.4) is 0 Å². The Morgan fingerprint density at radius 3 is 3.05 bits per heavy atom. The molecule has 1 heterocycles. The van der Waals surface area contributed by atoms with Crippen LogP contribution >= 0.6 is 0 Å². The highest BCUT2D eigenvalue weighted by Gasteiger charge is 2.23. The van der Waals surface area contributed by atoms with Gasteiger partial charge in [-0.2, -0.15) is 0 Å². The van der Waals surface area contributed by atoms with Crippen LogP contribution in [-0.2, 0) is 14.3 Å². The first kappa shape index (κ1) is 14.0. The molecule has 2 rings (SSSR count). The van der Waals surface area contributed by atoms with Gasteiger partial charge >= 0.3 is 5.97 Å². The van der Waals surface area contributed by atoms with Gasteiger partial charge in [0, 0.05) is 13.2 Å². The van der Waals surface area contributed by atoms with Crippen molar-refractivity contribution in [2.24, 2.45) is 0 Å². The van der Waals surface area contributed by atoms with Crippen LogP contribution in [0, 0.1) is 6.92 Å². The largest absolute Gasteiger partial charge is 0.468 e. The minimum Gasteiger partial charge on any atom is -0.468 e. The van der Waals surface area contributed by atoms with Crippen LogP contribution in [0.25, 0.3) is 0 Å². The fourth-order valence-corrected chi connectivity index (χ4v) is 2.36. The highest BCUT2D eigenvalue weighted by Crippen LogP contribution is 2.18. The van der Waals surface area contributed by atoms with Gasteiger partial charge in [-0.25, -0.2) is 4.79 Å². The zero-order valence-electron chi connectivity index (χ0n) is 11.5. The highest BCUT2D eigenvalue weighted by atomic mass is 16.5. The maximum atomic E-state index is 11.9. The van der Waals surface area contributed by atoms with Crippen molar-refractivity contribution >= 4 is 5.97 Å². The molecule has 4 nitrogen and oxygen atoms in total. The van der Waals surface area contributed by atoms with Crippen molar-refractivity contribution in [3.8, 4) is 0 Å². The van der Waals surface area contributed by atoms with Gasteiger partial charge in [0.15, 0.2) is 0 Å². The van der Waals surface area contributed by atoms with Crippen molar-refractivity contribution in [3.05, 3.63) is 35.4 Å². The van der Waals surface area contributed by atoms with Crippen LogP contribution in [0.5, 0.6) is 0 Å². The number of rotatable bonds is 5. The first-order valence-corrected chi connectivity index (χ1v) is 6.70. The Morgan fingerprint density at radius 2 is 2.42 bits per heavy atom. The number of nitrogens with one attached hydrogen (secondary N) is 1. The molecule has 1 aliphatic rings. The lowest BCUT2D eigenvalue weighted by Crippen LogP contribution is -2.35. The Bertz CT molecular complexity index is 427. The summed E-state index contributed by atoms with van der Waals surface area (Å²) in [5, 5.41) is 3.26. The number of ether oxygens (including phenoxy) is 2. The summed E-state index contributed by atoms with van der Waals surface area (Å²) < 4.78 is 10.4. The molecule has 1 aromatic carbocycles. The van der Waals surface area contributed by atoms with Gasteiger partial charge in [0.1, 0.15) is 6.04 Å². The summed E-state index contributed by atoms with van der Waals surface area (Å²) in [5.41, 5.74) is 2.06. The molecule has 0 radical (unpaired) electrons. The van der Waals surface area contributed by atoms with Crippen molar-refractivity contribution < 1.29 is 14.3 Å². The van der Waals surface area contributed by atoms with Crippen molar-refractivity contribution in [3.63, 3.8) is 0 Å². The van der Waals surface area contributed by atoms with E-state index in [0.29, 0.717) is 6.54 Å². The number of benzene rings is 1. The molecule has 2 unspecified atom stereocenters. The number of carbonyl (C=O) groups excluding carboxylic acids is 1. The molecular formula is C15H21NO3. The normalized spacial score (nSPS) is 20.2. The van der Waals surface area contributed by atoms with Crippen LogP contribution in [0.15, 0.2) is 24.3 Å². The molecule has 1 fully saturated rings. The number of hydrogen-bond acceptors (Lipinski definition) is 4. The minimum absolute atomic E-state index is 0.206. The summed E-state index contributed by atoms with van der Waals surface area (Å²) in [6, 6.07) is 7.49. The zero-order valence-corrected chi connectivity index (χ0v) is 11.5. The van der Waals surface area contributed by atoms with E-state index in [9.17, 15) is 4.79 Å². The molecule has 1 aliphatic heterocycles. The van der Waals surface area contributed by atoms with E-state index in [4.69, 9.17) is 9.47 Å². The van der Waals surface area contributed by atoms with Gasteiger partial charge in [-0.05, 0) is 25.3 Å². The standard InChI is InChI=1S/C15H21NO3/c1-11-5-3-6-12(9-11)14(15(17)18-2)16-10-13-7-4-8-19-13/h3,5-6,9,13-14,16H,4,7-8,10H2,1-2H3. The Balaban J connectivity index is 2.04. The van der Waals surface area contributed by atoms with Gasteiger partial charge in [-0.1, -0.05) is 29.8 Å². The Morgan fingerprint density at radius 1 is 1.58 bits per heavy atom. The van der Waals surface area contributed by atoms with Crippen molar-refractivity contribution in [2.45, 2.75) is 31.9 Å². The SMILES string of the molecule is COC(=O)C(NCC1CCCO1)c1cccc(C)c1. The molecule has 0 saturated carbocycles. The maximum absolute atomic E-state index is 11.9. The van der Waals surface area contributed by atoms with Gasteiger partial charge < -0.3 is 9.47 Å². The molecule has 0 aromatic heterocycles. The molecule has 1 N–H and O–H groups in total. The average molecular weight is 263 g/mol. The molecule has 1 aromatic rings. The van der Waals surface area contributed by atoms with Crippen LogP contribution in [0.4, 0.5) is 0 Å². The minimum atomic E-state index is -0.422. The van der Waals surface area contributed by atoms with Crippen LogP contribution in [0.2, 0.25) is 0 Å². The predicted octanol–water partition coefficient (Wildman–Crippen LogP) is 1.98. The lowest BCUT2D eigenvalue weighted by atomic mass is 10.0. The van der Waals surface area contributed by atoms with Crippen LogP contribution in [-0.4, -0.2) is 32.3 Å². The first-order chi connectivity index (χ1) is 9.20. The van der Waals surface area contributed by atoms with E-state index in [-0.39, 0.29) is 12.1 Å². The Kier molecular flexibility index (Phi) is 4.93. The molecule has 0 bridgehead atoms. The second-order valence-corrected chi connectivity index (χ2v) is 4.91. The summed E-state index contributed by atoms with van der Waals surface area (Å²) in [5.74, 6) is -0.261. The molecule has 4 heteroatoms. The Hall–Kier alpha value is -1.39. The van der Waals surface area contributed by atoms with Crippen molar-refractivity contribution in [1.82, 2.24) is 5.32 Å². The van der Waals surface area contributed by atoms with Gasteiger partial charge in [-0.3, -0.25) is 5.32 Å². The maximum Gasteiger partial charge on any atom is 0.327 e. The molecular weight excluding hydrogens is 242 g/mol. The van der Waals surface area contributed by atoms with E-state index in [2.05, 4.69) is 5.32 Å². The second-order valence-electron chi connectivity index (χ2n) is 4.91. The average Bonchev–Trinajstić information content (AvgIpc) is 2.92. The van der Waals surface area contributed by atoms with E-state index in [1.807, 2.05) is 31.2 Å². The topological polar surface area (TPSA) is 47.6 Å². The summed E-state index contributed by atoms with van der Waals surface area (Å²) in [6.07, 6.45) is 2.35. The lowest BCUT2D eigenvalue weighted by Gasteiger charge is -2.19. The summed E-state index contributed by atoms with van der Waals surface area (Å²) in [7, 11) is 1.42. The summed E-state index contributed by atoms with van der Waals surface area (Å²) in [6.45, 7) is 3.51. The number of methoxy groups -OCH3 is 1.